The molecule has 9 nitrogen and oxygen atoms in total. The molecule has 19 heavy (non-hydrogen) atoms. The van der Waals surface area contributed by atoms with Gasteiger partial charge in [0.2, 0.25) is 0 Å². The molecule has 1 heterocycles. The minimum absolute atomic E-state index is 0.0940. The molecular formula is C10H15N3O6. The fourth-order valence-corrected chi connectivity index (χ4v) is 1.72. The lowest BCUT2D eigenvalue weighted by Crippen LogP contribution is -2.50. The minimum Gasteiger partial charge on any atom is -0.463 e. The predicted molar refractivity (Wildman–Crippen MR) is 60.6 cm³/mol. The van der Waals surface area contributed by atoms with Gasteiger partial charge in [0.1, 0.15) is 18.8 Å². The summed E-state index contributed by atoms with van der Waals surface area (Å²) in [6.45, 7) is 2.28. The number of ether oxygens (including phenoxy) is 3. The monoisotopic (exact) mass is 273 g/mol. The molecule has 0 aromatic rings. The first kappa shape index (κ1) is 15.2. The quantitative estimate of drug-likeness (QED) is 0.338. The molecule has 0 amide bonds. The number of azide groups is 1. The first-order valence-corrected chi connectivity index (χ1v) is 5.62. The first-order chi connectivity index (χ1) is 8.93. The van der Waals surface area contributed by atoms with E-state index >= 15 is 0 Å². The third kappa shape index (κ3) is 4.74. The third-order valence-electron chi connectivity index (χ3n) is 2.50. The zero-order chi connectivity index (χ0) is 14.4. The standard InChI is InChI=1S/C10H15N3O6/c1-5(14)17-4-9-8(18-6(2)15)3-7(12-13-11)10(16)19-9/h7-10,16H,3-4H2,1-2H3. The van der Waals surface area contributed by atoms with Gasteiger partial charge in [0.25, 0.3) is 0 Å². The van der Waals surface area contributed by atoms with Crippen LogP contribution in [0.25, 0.3) is 10.4 Å². The molecule has 1 fully saturated rings. The molecule has 4 atom stereocenters. The molecule has 0 radical (unpaired) electrons. The largest absolute Gasteiger partial charge is 0.463 e. The van der Waals surface area contributed by atoms with Crippen molar-refractivity contribution in [2.75, 3.05) is 6.61 Å². The molecular weight excluding hydrogens is 258 g/mol. The zero-order valence-corrected chi connectivity index (χ0v) is 10.6. The van der Waals surface area contributed by atoms with Gasteiger partial charge < -0.3 is 19.3 Å². The van der Waals surface area contributed by atoms with Gasteiger partial charge >= 0.3 is 11.9 Å². The van der Waals surface area contributed by atoms with Crippen LogP contribution in [-0.2, 0) is 23.8 Å². The second kappa shape index (κ2) is 6.93. The van der Waals surface area contributed by atoms with Crippen molar-refractivity contribution >= 4 is 11.9 Å². The number of esters is 2. The van der Waals surface area contributed by atoms with Gasteiger partial charge in [-0.2, -0.15) is 0 Å². The lowest BCUT2D eigenvalue weighted by Gasteiger charge is -2.36. The van der Waals surface area contributed by atoms with Gasteiger partial charge in [0.15, 0.2) is 6.29 Å². The molecule has 9 heteroatoms. The van der Waals surface area contributed by atoms with Crippen LogP contribution in [0.1, 0.15) is 20.3 Å². The molecule has 1 aliphatic rings. The van der Waals surface area contributed by atoms with Gasteiger partial charge in [-0.15, -0.1) is 0 Å². The summed E-state index contributed by atoms with van der Waals surface area (Å²) in [4.78, 5) is 24.3. The molecule has 1 N–H and O–H groups in total. The molecule has 0 aromatic carbocycles. The second-order valence-corrected chi connectivity index (χ2v) is 4.02. The number of hydrogen-bond acceptors (Lipinski definition) is 7. The van der Waals surface area contributed by atoms with E-state index in [9.17, 15) is 14.7 Å². The Kier molecular flexibility index (Phi) is 5.56. The lowest BCUT2D eigenvalue weighted by molar-refractivity contribution is -0.227. The first-order valence-electron chi connectivity index (χ1n) is 5.62. The van der Waals surface area contributed by atoms with Crippen LogP contribution in [0.4, 0.5) is 0 Å². The highest BCUT2D eigenvalue weighted by molar-refractivity contribution is 5.66. The Morgan fingerprint density at radius 1 is 1.47 bits per heavy atom. The van der Waals surface area contributed by atoms with Gasteiger partial charge in [-0.3, -0.25) is 9.59 Å². The van der Waals surface area contributed by atoms with Crippen molar-refractivity contribution in [2.24, 2.45) is 5.11 Å². The fraction of sp³-hybridized carbons (Fsp3) is 0.800. The predicted octanol–water partition coefficient (Wildman–Crippen LogP) is 0.267. The maximum Gasteiger partial charge on any atom is 0.302 e. The van der Waals surface area contributed by atoms with E-state index in [0.717, 1.165) is 0 Å². The Labute approximate surface area is 109 Å². The number of aliphatic hydroxyl groups is 1. The molecule has 1 aliphatic heterocycles. The van der Waals surface area contributed by atoms with Crippen molar-refractivity contribution in [2.45, 2.75) is 44.8 Å². The highest BCUT2D eigenvalue weighted by atomic mass is 16.6. The average molecular weight is 273 g/mol. The van der Waals surface area contributed by atoms with E-state index in [2.05, 4.69) is 10.0 Å². The fourth-order valence-electron chi connectivity index (χ4n) is 1.72. The van der Waals surface area contributed by atoms with Crippen LogP contribution in [0.5, 0.6) is 0 Å². The van der Waals surface area contributed by atoms with Crippen LogP contribution >= 0.6 is 0 Å². The molecule has 1 saturated heterocycles. The Balaban J connectivity index is 2.73. The van der Waals surface area contributed by atoms with E-state index in [0.29, 0.717) is 0 Å². The van der Waals surface area contributed by atoms with Crippen molar-refractivity contribution in [1.82, 2.24) is 0 Å². The Morgan fingerprint density at radius 3 is 2.68 bits per heavy atom. The Morgan fingerprint density at radius 2 is 2.16 bits per heavy atom. The van der Waals surface area contributed by atoms with Crippen molar-refractivity contribution < 1.29 is 28.9 Å². The normalized spacial score (nSPS) is 30.1. The number of aliphatic hydroxyl groups excluding tert-OH is 1. The summed E-state index contributed by atoms with van der Waals surface area (Å²) in [5, 5.41) is 13.0. The maximum absolute atomic E-state index is 11.0. The zero-order valence-electron chi connectivity index (χ0n) is 10.6. The van der Waals surface area contributed by atoms with E-state index in [1.54, 1.807) is 0 Å². The van der Waals surface area contributed by atoms with Gasteiger partial charge in [0.05, 0.1) is 6.04 Å². The van der Waals surface area contributed by atoms with E-state index in [1.807, 2.05) is 0 Å². The van der Waals surface area contributed by atoms with E-state index < -0.39 is 36.5 Å². The van der Waals surface area contributed by atoms with Crippen LogP contribution in [0.15, 0.2) is 5.11 Å². The molecule has 0 aromatic heterocycles. The minimum atomic E-state index is -1.33. The summed E-state index contributed by atoms with van der Waals surface area (Å²) in [6.07, 6.45) is -2.79. The Hall–Kier alpha value is -1.83. The van der Waals surface area contributed by atoms with Crippen LogP contribution < -0.4 is 0 Å². The summed E-state index contributed by atoms with van der Waals surface area (Å²) in [6, 6.07) is -0.858. The van der Waals surface area contributed by atoms with E-state index in [-0.39, 0.29) is 13.0 Å². The van der Waals surface area contributed by atoms with Crippen molar-refractivity contribution in [3.05, 3.63) is 10.4 Å². The summed E-state index contributed by atoms with van der Waals surface area (Å²) in [5.41, 5.74) is 8.36. The van der Waals surface area contributed by atoms with Gasteiger partial charge in [0, 0.05) is 25.2 Å². The SMILES string of the molecule is CC(=O)OCC1OC(O)C(N=[N+]=[N-])CC1OC(C)=O. The molecule has 0 aliphatic carbocycles. The second-order valence-electron chi connectivity index (χ2n) is 4.02. The molecule has 0 bridgehead atoms. The Bertz CT molecular complexity index is 395. The van der Waals surface area contributed by atoms with Gasteiger partial charge in [-0.25, -0.2) is 0 Å². The van der Waals surface area contributed by atoms with Crippen molar-refractivity contribution in [3.8, 4) is 0 Å². The number of carbonyl (C=O) groups is 2. The topological polar surface area (TPSA) is 131 Å². The van der Waals surface area contributed by atoms with Crippen LogP contribution in [0.3, 0.4) is 0 Å². The van der Waals surface area contributed by atoms with E-state index in [1.165, 1.54) is 13.8 Å². The highest BCUT2D eigenvalue weighted by Crippen LogP contribution is 2.24. The summed E-state index contributed by atoms with van der Waals surface area (Å²) >= 11 is 0. The summed E-state index contributed by atoms with van der Waals surface area (Å²) < 4.78 is 14.9. The van der Waals surface area contributed by atoms with E-state index in [4.69, 9.17) is 19.7 Å². The van der Waals surface area contributed by atoms with Crippen molar-refractivity contribution in [1.29, 1.82) is 0 Å². The molecule has 1 rings (SSSR count). The smallest absolute Gasteiger partial charge is 0.302 e. The highest BCUT2D eigenvalue weighted by Gasteiger charge is 2.39. The van der Waals surface area contributed by atoms with Crippen molar-refractivity contribution in [3.63, 3.8) is 0 Å². The molecule has 106 valence electrons. The lowest BCUT2D eigenvalue weighted by atomic mass is 10.0. The van der Waals surface area contributed by atoms with Gasteiger partial charge in [-0.1, -0.05) is 5.11 Å². The molecule has 0 spiro atoms. The maximum atomic E-state index is 11.0. The van der Waals surface area contributed by atoms with Crippen LogP contribution in [-0.4, -0.2) is 48.2 Å². The van der Waals surface area contributed by atoms with Gasteiger partial charge in [-0.05, 0) is 5.53 Å². The third-order valence-corrected chi connectivity index (χ3v) is 2.50. The number of carbonyl (C=O) groups excluding carboxylic acids is 2. The number of rotatable bonds is 4. The number of hydrogen-bond donors (Lipinski definition) is 1. The van der Waals surface area contributed by atoms with Crippen LogP contribution in [0.2, 0.25) is 0 Å². The van der Waals surface area contributed by atoms with Crippen LogP contribution in [0, 0.1) is 0 Å². The number of nitrogens with zero attached hydrogens (tertiary/aromatic N) is 3. The summed E-state index contributed by atoms with van der Waals surface area (Å²) in [7, 11) is 0. The average Bonchev–Trinajstić information content (AvgIpc) is 2.30. The molecule has 0 saturated carbocycles. The molecule has 4 unspecified atom stereocenters. The summed E-state index contributed by atoms with van der Waals surface area (Å²) in [5.74, 6) is -1.06.